The third-order valence-electron chi connectivity index (χ3n) is 8.21. The molecule has 0 spiro atoms. The van der Waals surface area contributed by atoms with Crippen molar-refractivity contribution in [3.8, 4) is 5.75 Å². The van der Waals surface area contributed by atoms with Gasteiger partial charge in [-0.05, 0) is 87.4 Å². The molecular weight excluding hydrogens is 828 g/mol. The molecule has 1 atom stereocenters. The van der Waals surface area contributed by atoms with Crippen molar-refractivity contribution in [1.82, 2.24) is 19.9 Å². The number of hydrogen-bond acceptors (Lipinski definition) is 14. The number of fused-ring (bicyclic) bond motifs is 1. The van der Waals surface area contributed by atoms with Gasteiger partial charge in [0.05, 0.1) is 61.0 Å². The number of carbonyl (C=O) groups excluding carboxylic acids is 2. The number of esters is 1. The monoisotopic (exact) mass is 870 g/mol. The largest absolute Gasteiger partial charge is 0.481 e. The summed E-state index contributed by atoms with van der Waals surface area (Å²) in [6.45, 7) is 7.80. The highest BCUT2D eigenvalue weighted by Gasteiger charge is 2.32. The summed E-state index contributed by atoms with van der Waals surface area (Å²) in [5, 5.41) is 22.2. The van der Waals surface area contributed by atoms with E-state index in [0.29, 0.717) is 36.2 Å². The lowest BCUT2D eigenvalue weighted by molar-refractivity contribution is -0.142. The normalized spacial score (nSPS) is 11.7. The molecule has 5 rings (SSSR count). The lowest BCUT2D eigenvalue weighted by atomic mass is 10.1. The van der Waals surface area contributed by atoms with Gasteiger partial charge in [0.2, 0.25) is 5.95 Å². The Morgan fingerprint density at radius 1 is 0.918 bits per heavy atom. The number of carboxylic acid groups (broad SMARTS) is 2. The molecule has 0 amide bonds. The van der Waals surface area contributed by atoms with Gasteiger partial charge in [0.1, 0.15) is 5.75 Å². The Morgan fingerprint density at radius 2 is 1.59 bits per heavy atom. The zero-order valence-electron chi connectivity index (χ0n) is 33.2. The molecule has 3 aromatic carbocycles. The SMILES string of the molecule is CC(CCC(=O)O)C(=O)O.CCOP(OCC)OCc1ccc(OC(=O)c2ccc(C(F)(F)F)cc2Nc2nc3ncc(CNc4ccc(C(C)=O)cc4)nc3c(=O)[nH]2)cc1. The summed E-state index contributed by atoms with van der Waals surface area (Å²) >= 11 is 0. The summed E-state index contributed by atoms with van der Waals surface area (Å²) in [5.41, 5.74) is -0.173. The molecule has 5 aromatic rings. The molecule has 61 heavy (non-hydrogen) atoms. The number of Topliss-reactive ketones (excluding diaryl/α,β-unsaturated/α-hetero) is 1. The van der Waals surface area contributed by atoms with E-state index in [0.717, 1.165) is 17.7 Å². The maximum absolute atomic E-state index is 13.7. The van der Waals surface area contributed by atoms with Crippen molar-refractivity contribution in [3.63, 3.8) is 0 Å². The Bertz CT molecular complexity index is 2360. The predicted octanol–water partition coefficient (Wildman–Crippen LogP) is 7.90. The molecule has 21 heteroatoms. The van der Waals surface area contributed by atoms with Crippen LogP contribution in [0, 0.1) is 5.92 Å². The number of aromatic amines is 1. The molecule has 0 bridgehead atoms. The molecule has 2 aromatic heterocycles. The molecule has 0 aliphatic rings. The second kappa shape index (κ2) is 22.3. The van der Waals surface area contributed by atoms with Gasteiger partial charge in [0.15, 0.2) is 16.9 Å². The summed E-state index contributed by atoms with van der Waals surface area (Å²) in [6.07, 6.45) is -3.23. The number of ether oxygens (including phenoxy) is 1. The van der Waals surface area contributed by atoms with Crippen LogP contribution in [0.5, 0.6) is 5.75 Å². The topological polar surface area (TPSA) is 241 Å². The van der Waals surface area contributed by atoms with Gasteiger partial charge >= 0.3 is 32.7 Å². The van der Waals surface area contributed by atoms with Crippen LogP contribution in [0.1, 0.15) is 78.1 Å². The number of anilines is 3. The maximum atomic E-state index is 13.7. The average molecular weight is 871 g/mol. The molecule has 5 N–H and O–H groups in total. The Kier molecular flexibility index (Phi) is 17.3. The molecule has 0 aliphatic carbocycles. The summed E-state index contributed by atoms with van der Waals surface area (Å²) in [7, 11) is -1.52. The number of carboxylic acids is 2. The lowest BCUT2D eigenvalue weighted by Gasteiger charge is -2.15. The Morgan fingerprint density at radius 3 is 2.18 bits per heavy atom. The standard InChI is InChI=1S/C34H32F3N6O7P.C6H10O4/c1-4-47-51(48-5-2)49-19-21-6-13-26(14-7-21)50-32(46)27-15-10-23(34(35,36)37)16-28(27)41-33-42-30-29(31(45)43-33)40-25(18-39-30)17-38-24-11-8-22(9-12-24)20(3)44;1-4(6(9)10)2-3-5(7)8/h6-16,18,38H,4-5,17,19H2,1-3H3,(H2,39,41,42,43,45);4H,2-3H2,1H3,(H,7,8)(H,9,10). The van der Waals surface area contributed by atoms with Gasteiger partial charge in [-0.25, -0.2) is 14.8 Å². The number of hydrogen-bond donors (Lipinski definition) is 5. The Hall–Kier alpha value is -6.34. The Labute approximate surface area is 347 Å². The summed E-state index contributed by atoms with van der Waals surface area (Å²) in [6, 6.07) is 15.5. The molecule has 1 unspecified atom stereocenters. The first-order valence-electron chi connectivity index (χ1n) is 18.5. The minimum absolute atomic E-state index is 0.0636. The van der Waals surface area contributed by atoms with E-state index in [-0.39, 0.29) is 65.9 Å². The van der Waals surface area contributed by atoms with E-state index in [1.165, 1.54) is 32.2 Å². The van der Waals surface area contributed by atoms with Crippen molar-refractivity contribution in [2.45, 2.75) is 59.9 Å². The first-order chi connectivity index (χ1) is 29.0. The van der Waals surface area contributed by atoms with Crippen LogP contribution in [-0.2, 0) is 42.5 Å². The number of benzene rings is 3. The van der Waals surface area contributed by atoms with Crippen LogP contribution in [0.15, 0.2) is 77.7 Å². The van der Waals surface area contributed by atoms with Crippen LogP contribution in [-0.4, -0.2) is 67.1 Å². The van der Waals surface area contributed by atoms with Crippen LogP contribution in [0.4, 0.5) is 30.5 Å². The number of aliphatic carboxylic acids is 2. The number of nitrogens with one attached hydrogen (secondary N) is 3. The molecule has 0 fully saturated rings. The van der Waals surface area contributed by atoms with E-state index in [4.69, 9.17) is 28.5 Å². The number of carbonyl (C=O) groups is 4. The van der Waals surface area contributed by atoms with Gasteiger partial charge in [-0.15, -0.1) is 0 Å². The molecule has 0 radical (unpaired) electrons. The minimum atomic E-state index is -4.74. The quantitative estimate of drug-likeness (QED) is 0.0229. The van der Waals surface area contributed by atoms with Crippen LogP contribution in [0.3, 0.4) is 0 Å². The number of rotatable bonds is 19. The summed E-state index contributed by atoms with van der Waals surface area (Å²) < 4.78 is 63.0. The van der Waals surface area contributed by atoms with E-state index in [1.54, 1.807) is 36.4 Å². The van der Waals surface area contributed by atoms with Gasteiger partial charge in [-0.2, -0.15) is 18.2 Å². The number of alkyl halides is 3. The van der Waals surface area contributed by atoms with Crippen LogP contribution in [0.25, 0.3) is 11.2 Å². The summed E-state index contributed by atoms with van der Waals surface area (Å²) in [4.78, 5) is 72.9. The fraction of sp³-hybridized carbons (Fsp3) is 0.300. The number of aromatic nitrogens is 4. The van der Waals surface area contributed by atoms with Crippen molar-refractivity contribution < 1.29 is 60.9 Å². The highest BCUT2D eigenvalue weighted by atomic mass is 31.2. The van der Waals surface area contributed by atoms with E-state index in [9.17, 15) is 37.1 Å². The molecule has 324 valence electrons. The van der Waals surface area contributed by atoms with Gasteiger partial charge in [0.25, 0.3) is 5.56 Å². The fourth-order valence-corrected chi connectivity index (χ4v) is 5.87. The average Bonchev–Trinajstić information content (AvgIpc) is 3.22. The Balaban J connectivity index is 0.000000727. The molecule has 17 nitrogen and oxygen atoms in total. The van der Waals surface area contributed by atoms with Crippen molar-refractivity contribution >= 4 is 60.8 Å². The number of halogens is 3. The van der Waals surface area contributed by atoms with Crippen molar-refractivity contribution in [3.05, 3.63) is 111 Å². The number of ketones is 1. The maximum Gasteiger partial charge on any atom is 0.416 e. The van der Waals surface area contributed by atoms with E-state index < -0.39 is 49.7 Å². The molecule has 0 saturated heterocycles. The van der Waals surface area contributed by atoms with Gasteiger partial charge in [-0.3, -0.25) is 24.2 Å². The molecule has 2 heterocycles. The van der Waals surface area contributed by atoms with Crippen LogP contribution < -0.4 is 20.9 Å². The van der Waals surface area contributed by atoms with Crippen LogP contribution >= 0.6 is 8.60 Å². The molecule has 0 aliphatic heterocycles. The van der Waals surface area contributed by atoms with Crippen LogP contribution in [0.2, 0.25) is 0 Å². The smallest absolute Gasteiger partial charge is 0.416 e. The minimum Gasteiger partial charge on any atom is -0.481 e. The van der Waals surface area contributed by atoms with E-state index >= 15 is 0 Å². The van der Waals surface area contributed by atoms with Crippen molar-refractivity contribution in [2.24, 2.45) is 5.92 Å². The van der Waals surface area contributed by atoms with Crippen molar-refractivity contribution in [2.75, 3.05) is 23.8 Å². The zero-order valence-corrected chi connectivity index (χ0v) is 34.1. The van der Waals surface area contributed by atoms with Gasteiger partial charge in [0, 0.05) is 17.7 Å². The van der Waals surface area contributed by atoms with Gasteiger partial charge in [-0.1, -0.05) is 19.1 Å². The molecular formula is C40H42F3N6O11P. The zero-order chi connectivity index (χ0) is 44.7. The predicted molar refractivity (Wildman–Crippen MR) is 216 cm³/mol. The summed E-state index contributed by atoms with van der Waals surface area (Å²) in [5.74, 6) is -3.65. The number of nitrogens with zero attached hydrogens (tertiary/aromatic N) is 3. The third kappa shape index (κ3) is 14.7. The second-order valence-electron chi connectivity index (χ2n) is 12.9. The lowest BCUT2D eigenvalue weighted by Crippen LogP contribution is -2.17. The third-order valence-corrected chi connectivity index (χ3v) is 9.48. The van der Waals surface area contributed by atoms with E-state index in [1.807, 2.05) is 13.8 Å². The number of H-pyrrole nitrogens is 1. The molecule has 0 saturated carbocycles. The highest BCUT2D eigenvalue weighted by Crippen LogP contribution is 2.40. The fourth-order valence-electron chi connectivity index (χ4n) is 4.97. The van der Waals surface area contributed by atoms with Crippen molar-refractivity contribution in [1.29, 1.82) is 0 Å². The van der Waals surface area contributed by atoms with Gasteiger partial charge < -0.3 is 39.2 Å². The second-order valence-corrected chi connectivity index (χ2v) is 14.1. The highest BCUT2D eigenvalue weighted by molar-refractivity contribution is 7.41. The first kappa shape index (κ1) is 47.3. The first-order valence-corrected chi connectivity index (χ1v) is 19.6. The van der Waals surface area contributed by atoms with E-state index in [2.05, 4.69) is 30.6 Å².